The summed E-state index contributed by atoms with van der Waals surface area (Å²) in [6.07, 6.45) is 1.95. The van der Waals surface area contributed by atoms with Gasteiger partial charge in [-0.05, 0) is 37.1 Å². The number of carbonyl (C=O) groups excluding carboxylic acids is 1. The molecule has 0 aliphatic heterocycles. The lowest BCUT2D eigenvalue weighted by atomic mass is 10.1. The molecule has 0 bridgehead atoms. The molecule has 4 nitrogen and oxygen atoms in total. The molecule has 0 saturated heterocycles. The van der Waals surface area contributed by atoms with Crippen LogP contribution < -0.4 is 5.32 Å². The van der Waals surface area contributed by atoms with Gasteiger partial charge in [-0.25, -0.2) is 9.18 Å². The van der Waals surface area contributed by atoms with E-state index in [-0.39, 0.29) is 5.56 Å². The maximum Gasteiger partial charge on any atom is 0.340 e. The second kappa shape index (κ2) is 9.44. The first-order valence-corrected chi connectivity index (χ1v) is 6.84. The summed E-state index contributed by atoms with van der Waals surface area (Å²) in [7, 11) is 1.23. The zero-order valence-corrected chi connectivity index (χ0v) is 12.1. The summed E-state index contributed by atoms with van der Waals surface area (Å²) in [5, 5.41) is 3.21. The Morgan fingerprint density at radius 3 is 2.80 bits per heavy atom. The highest BCUT2D eigenvalue weighted by Crippen LogP contribution is 2.11. The molecule has 0 aliphatic rings. The van der Waals surface area contributed by atoms with E-state index in [1.54, 1.807) is 6.07 Å². The third-order valence-electron chi connectivity index (χ3n) is 2.76. The van der Waals surface area contributed by atoms with E-state index in [0.717, 1.165) is 38.2 Å². The van der Waals surface area contributed by atoms with Gasteiger partial charge >= 0.3 is 5.97 Å². The quantitative estimate of drug-likeness (QED) is 0.559. The van der Waals surface area contributed by atoms with Crippen molar-refractivity contribution < 1.29 is 18.7 Å². The highest BCUT2D eigenvalue weighted by molar-refractivity contribution is 5.89. The number of hydrogen-bond acceptors (Lipinski definition) is 4. The molecule has 0 amide bonds. The molecule has 0 atom stereocenters. The number of halogens is 1. The second-order valence-electron chi connectivity index (χ2n) is 4.45. The van der Waals surface area contributed by atoms with E-state index < -0.39 is 11.8 Å². The molecule has 5 heteroatoms. The van der Waals surface area contributed by atoms with Gasteiger partial charge in [0.1, 0.15) is 5.82 Å². The first kappa shape index (κ1) is 16.6. The third-order valence-corrected chi connectivity index (χ3v) is 2.76. The van der Waals surface area contributed by atoms with E-state index >= 15 is 0 Å². The molecular formula is C15H22FNO3. The van der Waals surface area contributed by atoms with Crippen LogP contribution in [0.1, 0.15) is 35.7 Å². The van der Waals surface area contributed by atoms with Gasteiger partial charge in [0.15, 0.2) is 0 Å². The highest BCUT2D eigenvalue weighted by Gasteiger charge is 2.11. The number of hydrogen-bond donors (Lipinski definition) is 1. The van der Waals surface area contributed by atoms with Crippen LogP contribution >= 0.6 is 0 Å². The smallest absolute Gasteiger partial charge is 0.340 e. The van der Waals surface area contributed by atoms with Crippen LogP contribution in [0, 0.1) is 5.82 Å². The van der Waals surface area contributed by atoms with Crippen molar-refractivity contribution in [1.29, 1.82) is 0 Å². The van der Waals surface area contributed by atoms with Crippen LogP contribution in [0.15, 0.2) is 18.2 Å². The zero-order chi connectivity index (χ0) is 14.8. The van der Waals surface area contributed by atoms with Gasteiger partial charge in [0.05, 0.1) is 12.7 Å². The summed E-state index contributed by atoms with van der Waals surface area (Å²) in [6.45, 7) is 4.97. The first-order chi connectivity index (χ1) is 9.69. The first-order valence-electron chi connectivity index (χ1n) is 6.84. The SMILES string of the molecule is CCCOCCCNCc1ccc(C(=O)OC)c(F)c1. The maximum atomic E-state index is 13.7. The normalized spacial score (nSPS) is 10.6. The lowest BCUT2D eigenvalue weighted by Gasteiger charge is -2.07. The summed E-state index contributed by atoms with van der Waals surface area (Å²) in [4.78, 5) is 11.2. The van der Waals surface area contributed by atoms with Crippen LogP contribution in [0.3, 0.4) is 0 Å². The summed E-state index contributed by atoms with van der Waals surface area (Å²) in [6, 6.07) is 4.52. The molecule has 1 N–H and O–H groups in total. The summed E-state index contributed by atoms with van der Waals surface area (Å²) in [5.41, 5.74) is 0.758. The minimum absolute atomic E-state index is 0.0378. The molecule has 112 valence electrons. The summed E-state index contributed by atoms with van der Waals surface area (Å²) < 4.78 is 23.5. The van der Waals surface area contributed by atoms with Gasteiger partial charge in [0.2, 0.25) is 0 Å². The average Bonchev–Trinajstić information content (AvgIpc) is 2.45. The van der Waals surface area contributed by atoms with Gasteiger partial charge in [-0.2, -0.15) is 0 Å². The van der Waals surface area contributed by atoms with Crippen LogP contribution in [0.2, 0.25) is 0 Å². The standard InChI is InChI=1S/C15H22FNO3/c1-3-8-20-9-4-7-17-11-12-5-6-13(14(16)10-12)15(18)19-2/h5-6,10,17H,3-4,7-9,11H2,1-2H3. The molecule has 1 aromatic rings. The van der Waals surface area contributed by atoms with Gasteiger partial charge < -0.3 is 14.8 Å². The fraction of sp³-hybridized carbons (Fsp3) is 0.533. The Morgan fingerprint density at radius 2 is 2.15 bits per heavy atom. The van der Waals surface area contributed by atoms with Crippen LogP contribution in [0.25, 0.3) is 0 Å². The minimum Gasteiger partial charge on any atom is -0.465 e. The van der Waals surface area contributed by atoms with Gasteiger partial charge in [-0.15, -0.1) is 0 Å². The van der Waals surface area contributed by atoms with Crippen LogP contribution in [-0.4, -0.2) is 32.8 Å². The van der Waals surface area contributed by atoms with E-state index in [4.69, 9.17) is 4.74 Å². The molecule has 0 saturated carbocycles. The van der Waals surface area contributed by atoms with Crippen LogP contribution in [0.5, 0.6) is 0 Å². The summed E-state index contributed by atoms with van der Waals surface area (Å²) >= 11 is 0. The second-order valence-corrected chi connectivity index (χ2v) is 4.45. The predicted octanol–water partition coefficient (Wildman–Crippen LogP) is 2.52. The minimum atomic E-state index is -0.657. The Kier molecular flexibility index (Phi) is 7.84. The molecule has 1 rings (SSSR count). The molecule has 1 aromatic carbocycles. The topological polar surface area (TPSA) is 47.6 Å². The van der Waals surface area contributed by atoms with Crippen LogP contribution in [-0.2, 0) is 16.0 Å². The Labute approximate surface area is 119 Å². The Hall–Kier alpha value is -1.46. The van der Waals surface area contributed by atoms with E-state index in [9.17, 15) is 9.18 Å². The average molecular weight is 283 g/mol. The van der Waals surface area contributed by atoms with Crippen molar-refractivity contribution in [1.82, 2.24) is 5.32 Å². The molecular weight excluding hydrogens is 261 g/mol. The zero-order valence-electron chi connectivity index (χ0n) is 12.1. The lowest BCUT2D eigenvalue weighted by Crippen LogP contribution is -2.17. The Bertz CT molecular complexity index is 424. The lowest BCUT2D eigenvalue weighted by molar-refractivity contribution is 0.0595. The molecule has 0 radical (unpaired) electrons. The molecule has 0 spiro atoms. The molecule has 0 aromatic heterocycles. The van der Waals surface area contributed by atoms with Crippen molar-refractivity contribution in [2.45, 2.75) is 26.3 Å². The maximum absolute atomic E-state index is 13.7. The van der Waals surface area contributed by atoms with Crippen molar-refractivity contribution in [3.05, 3.63) is 35.1 Å². The molecule has 0 aliphatic carbocycles. The van der Waals surface area contributed by atoms with Gasteiger partial charge in [-0.1, -0.05) is 13.0 Å². The molecule has 0 unspecified atom stereocenters. The fourth-order valence-electron chi connectivity index (χ4n) is 1.72. The van der Waals surface area contributed by atoms with Crippen LogP contribution in [0.4, 0.5) is 4.39 Å². The molecule has 0 fully saturated rings. The number of esters is 1. The van der Waals surface area contributed by atoms with Gasteiger partial charge in [0.25, 0.3) is 0 Å². The monoisotopic (exact) mass is 283 g/mol. The van der Waals surface area contributed by atoms with E-state index in [1.807, 2.05) is 0 Å². The summed E-state index contributed by atoms with van der Waals surface area (Å²) in [5.74, 6) is -1.21. The largest absolute Gasteiger partial charge is 0.465 e. The van der Waals surface area contributed by atoms with Crippen molar-refractivity contribution in [3.63, 3.8) is 0 Å². The van der Waals surface area contributed by atoms with E-state index in [2.05, 4.69) is 17.0 Å². The number of methoxy groups -OCH3 is 1. The van der Waals surface area contributed by atoms with E-state index in [1.165, 1.54) is 19.2 Å². The number of carbonyl (C=O) groups is 1. The third kappa shape index (κ3) is 5.67. The van der Waals surface area contributed by atoms with Crippen molar-refractivity contribution in [2.24, 2.45) is 0 Å². The molecule has 20 heavy (non-hydrogen) atoms. The number of rotatable bonds is 9. The number of nitrogens with one attached hydrogen (secondary N) is 1. The van der Waals surface area contributed by atoms with Crippen molar-refractivity contribution in [2.75, 3.05) is 26.9 Å². The van der Waals surface area contributed by atoms with Gasteiger partial charge in [0, 0.05) is 19.8 Å². The fourth-order valence-corrected chi connectivity index (χ4v) is 1.72. The molecule has 0 heterocycles. The van der Waals surface area contributed by atoms with Crippen molar-refractivity contribution >= 4 is 5.97 Å². The highest BCUT2D eigenvalue weighted by atomic mass is 19.1. The van der Waals surface area contributed by atoms with Gasteiger partial charge in [-0.3, -0.25) is 0 Å². The number of benzene rings is 1. The number of ether oxygens (including phenoxy) is 2. The van der Waals surface area contributed by atoms with Crippen molar-refractivity contribution in [3.8, 4) is 0 Å². The van der Waals surface area contributed by atoms with E-state index in [0.29, 0.717) is 6.54 Å². The Morgan fingerprint density at radius 1 is 1.35 bits per heavy atom. The Balaban J connectivity index is 2.31. The predicted molar refractivity (Wildman–Crippen MR) is 75.2 cm³/mol.